The van der Waals surface area contributed by atoms with Gasteiger partial charge in [0.2, 0.25) is 5.82 Å². The van der Waals surface area contributed by atoms with Crippen molar-refractivity contribution >= 4 is 11.8 Å². The van der Waals surface area contributed by atoms with E-state index in [2.05, 4.69) is 15.4 Å². The fourth-order valence-corrected chi connectivity index (χ4v) is 1.78. The fraction of sp³-hybridized carbons (Fsp3) is 0.400. The molecule has 2 heterocycles. The second kappa shape index (κ2) is 3.51. The summed E-state index contributed by atoms with van der Waals surface area (Å²) < 4.78 is 0.304. The smallest absolute Gasteiger partial charge is 0.282 e. The van der Waals surface area contributed by atoms with E-state index >= 15 is 0 Å². The minimum absolute atomic E-state index is 0.304. The minimum atomic E-state index is 0.304. The lowest BCUT2D eigenvalue weighted by molar-refractivity contribution is -0.805. The summed E-state index contributed by atoms with van der Waals surface area (Å²) in [7, 11) is 0. The summed E-state index contributed by atoms with van der Waals surface area (Å²) in [6, 6.07) is 0. The molecule has 0 amide bonds. The Labute approximate surface area is 89.3 Å². The van der Waals surface area contributed by atoms with Crippen LogP contribution in [0.25, 0.3) is 0 Å². The molecule has 1 unspecified atom stereocenters. The van der Waals surface area contributed by atoms with Crippen LogP contribution in [-0.2, 0) is 0 Å². The van der Waals surface area contributed by atoms with Gasteiger partial charge in [-0.15, -0.1) is 4.59 Å². The molecule has 5 heteroatoms. The van der Waals surface area contributed by atoms with Gasteiger partial charge in [-0.25, -0.2) is 0 Å². The quantitative estimate of drug-likeness (QED) is 0.646. The van der Waals surface area contributed by atoms with Gasteiger partial charge in [-0.2, -0.15) is 4.99 Å². The van der Waals surface area contributed by atoms with Crippen LogP contribution in [0.15, 0.2) is 34.1 Å². The molecule has 0 aliphatic carbocycles. The summed E-state index contributed by atoms with van der Waals surface area (Å²) in [5.74, 6) is 2.26. The molecular weight excluding hydrogens is 190 g/mol. The Balaban J connectivity index is 2.41. The van der Waals surface area contributed by atoms with Gasteiger partial charge in [0.1, 0.15) is 6.54 Å². The van der Waals surface area contributed by atoms with E-state index in [-0.39, 0.29) is 0 Å². The molecule has 2 aliphatic heterocycles. The largest absolute Gasteiger partial charge is 0.352 e. The SMILES string of the molecule is CCNC1=N[N+]2(CC)C(N)=CC=CC2=N1. The maximum atomic E-state index is 5.99. The number of quaternary nitrogens is 1. The highest BCUT2D eigenvalue weighted by molar-refractivity contribution is 6.02. The van der Waals surface area contributed by atoms with Gasteiger partial charge in [-0.1, -0.05) is 0 Å². The van der Waals surface area contributed by atoms with Crippen LogP contribution in [0, 0.1) is 0 Å². The highest BCUT2D eigenvalue weighted by atomic mass is 15.7. The topological polar surface area (TPSA) is 62.8 Å². The molecule has 0 bridgehead atoms. The number of allylic oxidation sites excluding steroid dienone is 2. The van der Waals surface area contributed by atoms with Crippen LogP contribution in [0.1, 0.15) is 13.8 Å². The van der Waals surface area contributed by atoms with Crippen molar-refractivity contribution in [3.05, 3.63) is 24.0 Å². The average Bonchev–Trinajstić information content (AvgIpc) is 2.59. The molecule has 2 aliphatic rings. The average molecular weight is 206 g/mol. The summed E-state index contributed by atoms with van der Waals surface area (Å²) in [6.45, 7) is 5.66. The first-order valence-corrected chi connectivity index (χ1v) is 5.18. The number of likely N-dealkylation sites (N-methyl/N-ethyl adjacent to an activating group) is 1. The molecule has 1 atom stereocenters. The number of amidine groups is 1. The first kappa shape index (κ1) is 9.92. The Hall–Kier alpha value is -1.62. The highest BCUT2D eigenvalue weighted by Gasteiger charge is 2.42. The molecule has 80 valence electrons. The summed E-state index contributed by atoms with van der Waals surface area (Å²) >= 11 is 0. The third-order valence-corrected chi connectivity index (χ3v) is 2.60. The lowest BCUT2D eigenvalue weighted by Gasteiger charge is -2.26. The Morgan fingerprint density at radius 3 is 2.87 bits per heavy atom. The third-order valence-electron chi connectivity index (χ3n) is 2.60. The van der Waals surface area contributed by atoms with Crippen LogP contribution in [0.3, 0.4) is 0 Å². The number of nitrogens with two attached hydrogens (primary N) is 1. The molecule has 0 saturated carbocycles. The van der Waals surface area contributed by atoms with E-state index < -0.39 is 0 Å². The second-order valence-corrected chi connectivity index (χ2v) is 3.46. The van der Waals surface area contributed by atoms with Gasteiger partial charge < -0.3 is 11.1 Å². The molecule has 0 aromatic carbocycles. The van der Waals surface area contributed by atoms with Crippen LogP contribution in [0.5, 0.6) is 0 Å². The first-order valence-electron chi connectivity index (χ1n) is 5.18. The summed E-state index contributed by atoms with van der Waals surface area (Å²) in [6.07, 6.45) is 5.74. The zero-order valence-electron chi connectivity index (χ0n) is 9.07. The van der Waals surface area contributed by atoms with Crippen LogP contribution in [0.4, 0.5) is 0 Å². The summed E-state index contributed by atoms with van der Waals surface area (Å²) in [5, 5.41) is 7.64. The number of rotatable bonds is 2. The van der Waals surface area contributed by atoms with Crippen molar-refractivity contribution in [1.82, 2.24) is 5.32 Å². The standard InChI is InChI=1S/C10H16N5/c1-3-12-10-13-9-7-5-6-8(11)15(9,4-2)14-10/h5-7H,3-4,11H2,1-2H3,(H,12,14)/q+1. The van der Waals surface area contributed by atoms with Crippen LogP contribution in [-0.4, -0.2) is 29.5 Å². The molecule has 5 nitrogen and oxygen atoms in total. The van der Waals surface area contributed by atoms with E-state index in [0.717, 1.165) is 18.9 Å². The Bertz CT molecular complexity index is 391. The van der Waals surface area contributed by atoms with Gasteiger partial charge >= 0.3 is 0 Å². The zero-order chi connectivity index (χ0) is 10.9. The van der Waals surface area contributed by atoms with Gasteiger partial charge in [0.15, 0.2) is 0 Å². The van der Waals surface area contributed by atoms with E-state index in [1.165, 1.54) is 0 Å². The van der Waals surface area contributed by atoms with E-state index in [1.54, 1.807) is 0 Å². The molecule has 0 spiro atoms. The Kier molecular flexibility index (Phi) is 2.32. The molecule has 0 aromatic heterocycles. The van der Waals surface area contributed by atoms with E-state index in [9.17, 15) is 0 Å². The molecule has 0 radical (unpaired) electrons. The zero-order valence-corrected chi connectivity index (χ0v) is 9.07. The van der Waals surface area contributed by atoms with Crippen molar-refractivity contribution in [3.63, 3.8) is 0 Å². The Morgan fingerprint density at radius 2 is 2.27 bits per heavy atom. The lowest BCUT2D eigenvalue weighted by Crippen LogP contribution is -2.48. The van der Waals surface area contributed by atoms with Crippen LogP contribution in [0.2, 0.25) is 0 Å². The molecule has 3 N–H and O–H groups in total. The fourth-order valence-electron chi connectivity index (χ4n) is 1.78. The Morgan fingerprint density at radius 1 is 1.47 bits per heavy atom. The lowest BCUT2D eigenvalue weighted by atomic mass is 10.3. The monoisotopic (exact) mass is 206 g/mol. The summed E-state index contributed by atoms with van der Waals surface area (Å²) in [5.41, 5.74) is 5.99. The first-order chi connectivity index (χ1) is 7.23. The van der Waals surface area contributed by atoms with E-state index in [1.807, 2.05) is 32.1 Å². The van der Waals surface area contributed by atoms with E-state index in [4.69, 9.17) is 5.73 Å². The van der Waals surface area contributed by atoms with Crippen molar-refractivity contribution in [1.29, 1.82) is 0 Å². The molecular formula is C10H16N5+. The van der Waals surface area contributed by atoms with Crippen molar-refractivity contribution in [2.24, 2.45) is 15.8 Å². The number of hydrogen-bond donors (Lipinski definition) is 2. The van der Waals surface area contributed by atoms with Gasteiger partial charge in [-0.05, 0) is 25.0 Å². The maximum Gasteiger partial charge on any atom is 0.282 e. The number of hydrogen-bond acceptors (Lipinski definition) is 4. The minimum Gasteiger partial charge on any atom is -0.352 e. The van der Waals surface area contributed by atoms with E-state index in [0.29, 0.717) is 16.4 Å². The third kappa shape index (κ3) is 1.35. The van der Waals surface area contributed by atoms with Gasteiger partial charge in [0, 0.05) is 18.7 Å². The van der Waals surface area contributed by atoms with Crippen molar-refractivity contribution < 1.29 is 4.59 Å². The van der Waals surface area contributed by atoms with Crippen molar-refractivity contribution in [2.75, 3.05) is 13.1 Å². The van der Waals surface area contributed by atoms with Gasteiger partial charge in [0.25, 0.3) is 11.8 Å². The summed E-state index contributed by atoms with van der Waals surface area (Å²) in [4.78, 5) is 4.41. The number of aliphatic imine (C=N–C) groups is 1. The highest BCUT2D eigenvalue weighted by Crippen LogP contribution is 2.25. The predicted molar refractivity (Wildman–Crippen MR) is 60.8 cm³/mol. The predicted octanol–water partition coefficient (Wildman–Crippen LogP) is 0.486. The van der Waals surface area contributed by atoms with Crippen LogP contribution < -0.4 is 11.1 Å². The maximum absolute atomic E-state index is 5.99. The normalized spacial score (nSPS) is 28.0. The molecule has 0 saturated heterocycles. The second-order valence-electron chi connectivity index (χ2n) is 3.46. The number of nitrogens with one attached hydrogen (secondary N) is 1. The molecule has 2 rings (SSSR count). The van der Waals surface area contributed by atoms with Crippen LogP contribution >= 0.6 is 0 Å². The molecule has 0 fully saturated rings. The number of fused-ring (bicyclic) bond motifs is 1. The number of guanidine groups is 1. The van der Waals surface area contributed by atoms with Gasteiger partial charge in [0.05, 0.1) is 0 Å². The molecule has 0 aromatic rings. The number of nitrogens with zero attached hydrogens (tertiary/aromatic N) is 3. The van der Waals surface area contributed by atoms with Crippen molar-refractivity contribution in [3.8, 4) is 0 Å². The van der Waals surface area contributed by atoms with Gasteiger partial charge in [-0.3, -0.25) is 0 Å². The van der Waals surface area contributed by atoms with Crippen molar-refractivity contribution in [2.45, 2.75) is 13.8 Å². The molecule has 15 heavy (non-hydrogen) atoms.